The summed E-state index contributed by atoms with van der Waals surface area (Å²) in [6.45, 7) is 2.73. The van der Waals surface area contributed by atoms with Gasteiger partial charge in [-0.2, -0.15) is 0 Å². The van der Waals surface area contributed by atoms with E-state index in [2.05, 4.69) is 22.5 Å². The van der Waals surface area contributed by atoms with Crippen LogP contribution in [0.4, 0.5) is 5.69 Å². The van der Waals surface area contributed by atoms with Crippen molar-refractivity contribution in [2.24, 2.45) is 5.92 Å². The number of aromatic nitrogens is 1. The summed E-state index contributed by atoms with van der Waals surface area (Å²) in [5.74, 6) is 0.646. The topological polar surface area (TPSA) is 54.0 Å². The van der Waals surface area contributed by atoms with Gasteiger partial charge in [-0.25, -0.2) is 0 Å². The molecule has 0 radical (unpaired) electrons. The smallest absolute Gasteiger partial charge is 0.253 e. The lowest BCUT2D eigenvalue weighted by Gasteiger charge is -2.16. The Morgan fingerprint density at radius 3 is 2.82 bits per heavy atom. The predicted molar refractivity (Wildman–Crippen MR) is 87.7 cm³/mol. The van der Waals surface area contributed by atoms with Gasteiger partial charge < -0.3 is 10.6 Å². The van der Waals surface area contributed by atoms with Crippen LogP contribution in [0.1, 0.15) is 35.7 Å². The average Bonchev–Trinajstić information content (AvgIpc) is 3.39. The van der Waals surface area contributed by atoms with Crippen molar-refractivity contribution in [1.29, 1.82) is 0 Å². The molecule has 0 bridgehead atoms. The third-order valence-electron chi connectivity index (χ3n) is 4.07. The zero-order valence-electron chi connectivity index (χ0n) is 12.8. The molecule has 1 aromatic heterocycles. The number of rotatable bonds is 6. The summed E-state index contributed by atoms with van der Waals surface area (Å²) in [7, 11) is 0. The molecule has 1 aliphatic carbocycles. The Bertz CT molecular complexity index is 638. The number of amides is 1. The fourth-order valence-corrected chi connectivity index (χ4v) is 2.53. The first-order valence-electron chi connectivity index (χ1n) is 7.76. The van der Waals surface area contributed by atoms with Crippen molar-refractivity contribution in [3.8, 4) is 0 Å². The molecule has 1 amide bonds. The van der Waals surface area contributed by atoms with E-state index in [4.69, 9.17) is 0 Å². The Balaban J connectivity index is 1.67. The molecule has 0 unspecified atom stereocenters. The average molecular weight is 295 g/mol. The minimum atomic E-state index is -0.00585. The molecule has 0 spiro atoms. The number of anilines is 1. The Morgan fingerprint density at radius 2 is 2.09 bits per heavy atom. The molecule has 1 atom stereocenters. The van der Waals surface area contributed by atoms with Gasteiger partial charge in [-0.1, -0.05) is 18.2 Å². The van der Waals surface area contributed by atoms with Crippen molar-refractivity contribution < 1.29 is 4.79 Å². The summed E-state index contributed by atoms with van der Waals surface area (Å²) in [4.78, 5) is 16.6. The van der Waals surface area contributed by atoms with Crippen LogP contribution >= 0.6 is 0 Å². The van der Waals surface area contributed by atoms with Gasteiger partial charge in [-0.3, -0.25) is 9.78 Å². The molecule has 0 aliphatic heterocycles. The normalized spacial score (nSPS) is 15.1. The quantitative estimate of drug-likeness (QED) is 0.860. The Hall–Kier alpha value is -2.36. The van der Waals surface area contributed by atoms with E-state index in [1.54, 1.807) is 6.20 Å². The number of carbonyl (C=O) groups excluding carboxylic acids is 1. The highest BCUT2D eigenvalue weighted by Gasteiger charge is 2.29. The first-order valence-corrected chi connectivity index (χ1v) is 7.76. The van der Waals surface area contributed by atoms with Gasteiger partial charge >= 0.3 is 0 Å². The first kappa shape index (κ1) is 14.6. The van der Waals surface area contributed by atoms with Crippen molar-refractivity contribution in [3.63, 3.8) is 0 Å². The van der Waals surface area contributed by atoms with Crippen LogP contribution in [0.5, 0.6) is 0 Å². The maximum atomic E-state index is 12.5. The Morgan fingerprint density at radius 1 is 1.27 bits per heavy atom. The summed E-state index contributed by atoms with van der Waals surface area (Å²) < 4.78 is 0. The van der Waals surface area contributed by atoms with E-state index < -0.39 is 0 Å². The van der Waals surface area contributed by atoms with E-state index in [0.717, 1.165) is 11.3 Å². The molecule has 1 aromatic carbocycles. The van der Waals surface area contributed by atoms with Gasteiger partial charge in [0.1, 0.15) is 0 Å². The molecule has 0 saturated heterocycles. The summed E-state index contributed by atoms with van der Waals surface area (Å²) >= 11 is 0. The van der Waals surface area contributed by atoms with Crippen molar-refractivity contribution in [1.82, 2.24) is 10.3 Å². The molecule has 4 nitrogen and oxygen atoms in total. The van der Waals surface area contributed by atoms with E-state index in [0.29, 0.717) is 18.0 Å². The molecule has 1 saturated carbocycles. The van der Waals surface area contributed by atoms with Crippen LogP contribution < -0.4 is 10.6 Å². The monoisotopic (exact) mass is 295 g/mol. The standard InChI is InChI=1S/C18H21N3O/c1-13(15-8-9-15)21-18(22)16-6-2-3-7-17(16)20-12-14-5-4-10-19-11-14/h2-7,10-11,13,15,20H,8-9,12H2,1H3,(H,21,22)/t13-/m0/s1. The molecular formula is C18H21N3O. The van der Waals surface area contributed by atoms with Gasteiger partial charge in [-0.05, 0) is 49.4 Å². The lowest BCUT2D eigenvalue weighted by Crippen LogP contribution is -2.34. The lowest BCUT2D eigenvalue weighted by molar-refractivity contribution is 0.0936. The summed E-state index contributed by atoms with van der Waals surface area (Å²) in [6.07, 6.45) is 6.03. The van der Waals surface area contributed by atoms with Crippen molar-refractivity contribution in [2.45, 2.75) is 32.4 Å². The third kappa shape index (κ3) is 3.64. The summed E-state index contributed by atoms with van der Waals surface area (Å²) in [6, 6.07) is 11.8. The van der Waals surface area contributed by atoms with Gasteiger partial charge in [0.25, 0.3) is 5.91 Å². The van der Waals surface area contributed by atoms with Crippen molar-refractivity contribution in [2.75, 3.05) is 5.32 Å². The Kier molecular flexibility index (Phi) is 4.37. The highest BCUT2D eigenvalue weighted by Crippen LogP contribution is 2.32. The fraction of sp³-hybridized carbons (Fsp3) is 0.333. The number of carbonyl (C=O) groups is 1. The number of benzene rings is 1. The van der Waals surface area contributed by atoms with Gasteiger partial charge in [0.15, 0.2) is 0 Å². The van der Waals surface area contributed by atoms with E-state index in [1.165, 1.54) is 12.8 Å². The lowest BCUT2D eigenvalue weighted by atomic mass is 10.1. The first-order chi connectivity index (χ1) is 10.7. The number of para-hydroxylation sites is 1. The second-order valence-electron chi connectivity index (χ2n) is 5.86. The number of hydrogen-bond acceptors (Lipinski definition) is 3. The minimum Gasteiger partial charge on any atom is -0.380 e. The SMILES string of the molecule is C[C@H](NC(=O)c1ccccc1NCc1cccnc1)C1CC1. The zero-order chi connectivity index (χ0) is 15.4. The predicted octanol–water partition coefficient (Wildman–Crippen LogP) is 3.22. The Labute approximate surface area is 131 Å². The van der Waals surface area contributed by atoms with E-state index in [-0.39, 0.29) is 11.9 Å². The summed E-state index contributed by atoms with van der Waals surface area (Å²) in [5, 5.41) is 6.43. The van der Waals surface area contributed by atoms with Crippen LogP contribution in [-0.4, -0.2) is 16.9 Å². The molecule has 2 aromatic rings. The van der Waals surface area contributed by atoms with Crippen LogP contribution in [0.25, 0.3) is 0 Å². The van der Waals surface area contributed by atoms with Crippen molar-refractivity contribution in [3.05, 3.63) is 59.9 Å². The van der Waals surface area contributed by atoms with Gasteiger partial charge in [0.2, 0.25) is 0 Å². The number of pyridine rings is 1. The number of nitrogens with one attached hydrogen (secondary N) is 2. The molecule has 22 heavy (non-hydrogen) atoms. The van der Waals surface area contributed by atoms with E-state index in [1.807, 2.05) is 42.6 Å². The molecular weight excluding hydrogens is 274 g/mol. The molecule has 3 rings (SSSR count). The molecule has 1 fully saturated rings. The maximum absolute atomic E-state index is 12.5. The van der Waals surface area contributed by atoms with Crippen LogP contribution in [0.2, 0.25) is 0 Å². The van der Waals surface area contributed by atoms with Crippen molar-refractivity contribution >= 4 is 11.6 Å². The van der Waals surface area contributed by atoms with Gasteiger partial charge in [0, 0.05) is 30.7 Å². The van der Waals surface area contributed by atoms with E-state index >= 15 is 0 Å². The third-order valence-corrected chi connectivity index (χ3v) is 4.07. The number of hydrogen-bond donors (Lipinski definition) is 2. The van der Waals surface area contributed by atoms with Crippen LogP contribution in [-0.2, 0) is 6.54 Å². The van der Waals surface area contributed by atoms with E-state index in [9.17, 15) is 4.79 Å². The molecule has 1 heterocycles. The zero-order valence-corrected chi connectivity index (χ0v) is 12.8. The van der Waals surface area contributed by atoms with Crippen LogP contribution in [0, 0.1) is 5.92 Å². The summed E-state index contributed by atoms with van der Waals surface area (Å²) in [5.41, 5.74) is 2.63. The van der Waals surface area contributed by atoms with Gasteiger partial charge in [-0.15, -0.1) is 0 Å². The second-order valence-corrected chi connectivity index (χ2v) is 5.86. The van der Waals surface area contributed by atoms with Gasteiger partial charge in [0.05, 0.1) is 5.56 Å². The van der Waals surface area contributed by atoms with Crippen LogP contribution in [0.3, 0.4) is 0 Å². The largest absolute Gasteiger partial charge is 0.380 e. The molecule has 1 aliphatic rings. The minimum absolute atomic E-state index is 0.00585. The number of nitrogens with zero attached hydrogens (tertiary/aromatic N) is 1. The molecule has 114 valence electrons. The highest BCUT2D eigenvalue weighted by molar-refractivity contribution is 5.99. The molecule has 4 heteroatoms. The maximum Gasteiger partial charge on any atom is 0.253 e. The second kappa shape index (κ2) is 6.60. The highest BCUT2D eigenvalue weighted by atomic mass is 16.1. The fourth-order valence-electron chi connectivity index (χ4n) is 2.53. The van der Waals surface area contributed by atoms with Crippen LogP contribution in [0.15, 0.2) is 48.8 Å². The molecule has 2 N–H and O–H groups in total.